The van der Waals surface area contributed by atoms with Crippen molar-refractivity contribution < 1.29 is 4.79 Å². The Balaban J connectivity index is 2.62. The predicted octanol–water partition coefficient (Wildman–Crippen LogP) is 2.77. The van der Waals surface area contributed by atoms with Crippen molar-refractivity contribution in [1.29, 1.82) is 0 Å². The lowest BCUT2D eigenvalue weighted by Crippen LogP contribution is -2.50. The molecule has 3 N–H and O–H groups in total. The van der Waals surface area contributed by atoms with E-state index in [1.165, 1.54) is 32.1 Å². The summed E-state index contributed by atoms with van der Waals surface area (Å²) < 4.78 is 0. The highest BCUT2D eigenvalue weighted by Crippen LogP contribution is 2.28. The topological polar surface area (TPSA) is 55.1 Å². The highest BCUT2D eigenvalue weighted by Gasteiger charge is 2.33. The number of thiocarbonyl (C=S) groups is 1. The third kappa shape index (κ3) is 3.67. The Labute approximate surface area is 116 Å². The van der Waals surface area contributed by atoms with E-state index in [1.807, 2.05) is 0 Å². The third-order valence-corrected chi connectivity index (χ3v) is 4.67. The fourth-order valence-electron chi connectivity index (χ4n) is 2.55. The van der Waals surface area contributed by atoms with Crippen LogP contribution in [0.3, 0.4) is 0 Å². The van der Waals surface area contributed by atoms with Crippen LogP contribution in [0.5, 0.6) is 0 Å². The average molecular weight is 270 g/mol. The van der Waals surface area contributed by atoms with Crippen LogP contribution in [0.25, 0.3) is 0 Å². The number of hydrogen-bond donors (Lipinski definition) is 2. The van der Waals surface area contributed by atoms with Gasteiger partial charge in [0.15, 0.2) is 0 Å². The molecule has 1 aliphatic carbocycles. The Hall–Kier alpha value is -0.640. The van der Waals surface area contributed by atoms with Crippen LogP contribution in [0.1, 0.15) is 59.3 Å². The van der Waals surface area contributed by atoms with E-state index in [0.717, 1.165) is 6.42 Å². The monoisotopic (exact) mass is 270 g/mol. The van der Waals surface area contributed by atoms with E-state index >= 15 is 0 Å². The molecule has 0 aromatic carbocycles. The lowest BCUT2D eigenvalue weighted by Gasteiger charge is -2.33. The number of hydrogen-bond acceptors (Lipinski definition) is 2. The molecule has 0 spiro atoms. The molecule has 3 nitrogen and oxygen atoms in total. The zero-order valence-electron chi connectivity index (χ0n) is 11.8. The summed E-state index contributed by atoms with van der Waals surface area (Å²) in [7, 11) is 0. The van der Waals surface area contributed by atoms with Gasteiger partial charge in [-0.05, 0) is 39.0 Å². The summed E-state index contributed by atoms with van der Waals surface area (Å²) in [5.41, 5.74) is 4.88. The first-order chi connectivity index (χ1) is 8.39. The normalized spacial score (nSPS) is 19.3. The molecule has 18 heavy (non-hydrogen) atoms. The van der Waals surface area contributed by atoms with Gasteiger partial charge in [0.2, 0.25) is 5.91 Å². The van der Waals surface area contributed by atoms with Gasteiger partial charge in [-0.3, -0.25) is 4.79 Å². The maximum atomic E-state index is 12.2. The van der Waals surface area contributed by atoms with Crippen LogP contribution in [0.15, 0.2) is 0 Å². The van der Waals surface area contributed by atoms with Crippen molar-refractivity contribution in [2.75, 3.05) is 0 Å². The molecule has 1 rings (SSSR count). The van der Waals surface area contributed by atoms with E-state index in [1.54, 1.807) is 13.8 Å². The predicted molar refractivity (Wildman–Crippen MR) is 79.4 cm³/mol. The summed E-state index contributed by atoms with van der Waals surface area (Å²) in [5, 5.41) is 3.15. The summed E-state index contributed by atoms with van der Waals surface area (Å²) in [6, 6.07) is 0.270. The third-order valence-electron chi connectivity index (χ3n) is 4.16. The van der Waals surface area contributed by atoms with Crippen molar-refractivity contribution in [3.8, 4) is 0 Å². The Morgan fingerprint density at radius 3 is 2.39 bits per heavy atom. The summed E-state index contributed by atoms with van der Waals surface area (Å²) in [6.07, 6.45) is 7.34. The Morgan fingerprint density at radius 2 is 1.94 bits per heavy atom. The van der Waals surface area contributed by atoms with Gasteiger partial charge < -0.3 is 11.1 Å². The summed E-state index contributed by atoms with van der Waals surface area (Å²) in [6.45, 7) is 5.71. The molecule has 0 aromatic heterocycles. The van der Waals surface area contributed by atoms with Gasteiger partial charge in [-0.1, -0.05) is 38.4 Å². The molecule has 1 saturated carbocycles. The largest absolute Gasteiger partial charge is 0.392 e. The number of carbonyl (C=O) groups excluding carboxylic acids is 1. The number of carbonyl (C=O) groups is 1. The van der Waals surface area contributed by atoms with Crippen LogP contribution in [0.4, 0.5) is 0 Å². The van der Waals surface area contributed by atoms with Gasteiger partial charge in [0.25, 0.3) is 0 Å². The van der Waals surface area contributed by atoms with Gasteiger partial charge >= 0.3 is 0 Å². The average Bonchev–Trinajstić information content (AvgIpc) is 2.36. The zero-order valence-corrected chi connectivity index (χ0v) is 12.6. The van der Waals surface area contributed by atoms with Crippen LogP contribution >= 0.6 is 12.2 Å². The van der Waals surface area contributed by atoms with Gasteiger partial charge in [-0.25, -0.2) is 0 Å². The second-order valence-electron chi connectivity index (χ2n) is 5.88. The molecule has 1 atom stereocenters. The molecule has 104 valence electrons. The molecular formula is C14H26N2OS. The molecule has 1 amide bonds. The number of rotatable bonds is 5. The Morgan fingerprint density at radius 1 is 1.39 bits per heavy atom. The first kappa shape index (κ1) is 15.4. The van der Waals surface area contributed by atoms with E-state index in [0.29, 0.717) is 5.92 Å². The summed E-state index contributed by atoms with van der Waals surface area (Å²) in [5.74, 6) is 0.585. The maximum Gasteiger partial charge on any atom is 0.232 e. The van der Waals surface area contributed by atoms with Gasteiger partial charge in [0.05, 0.1) is 10.4 Å². The highest BCUT2D eigenvalue weighted by molar-refractivity contribution is 7.80. The van der Waals surface area contributed by atoms with Gasteiger partial charge in [-0.15, -0.1) is 0 Å². The van der Waals surface area contributed by atoms with Crippen molar-refractivity contribution in [2.24, 2.45) is 17.1 Å². The molecule has 4 heteroatoms. The van der Waals surface area contributed by atoms with E-state index in [2.05, 4.69) is 12.2 Å². The van der Waals surface area contributed by atoms with Crippen LogP contribution < -0.4 is 11.1 Å². The number of nitrogens with two attached hydrogens (primary N) is 1. The van der Waals surface area contributed by atoms with Crippen molar-refractivity contribution in [3.05, 3.63) is 0 Å². The van der Waals surface area contributed by atoms with Crippen molar-refractivity contribution in [3.63, 3.8) is 0 Å². The first-order valence-electron chi connectivity index (χ1n) is 7.00. The molecule has 0 bridgehead atoms. The molecular weight excluding hydrogens is 244 g/mol. The smallest absolute Gasteiger partial charge is 0.232 e. The second-order valence-corrected chi connectivity index (χ2v) is 6.32. The van der Waals surface area contributed by atoms with Crippen molar-refractivity contribution in [2.45, 2.75) is 65.3 Å². The fraction of sp³-hybridized carbons (Fsp3) is 0.857. The standard InChI is InChI=1S/C14H26N2OS/c1-4-11(10-8-6-5-7-9-10)16-13(17)14(2,3)12(15)18/h10-11H,4-9H2,1-3H3,(H2,15,18)(H,16,17). The molecule has 0 aromatic rings. The minimum Gasteiger partial charge on any atom is -0.392 e. The van der Waals surface area contributed by atoms with Crippen molar-refractivity contribution >= 4 is 23.1 Å². The summed E-state index contributed by atoms with van der Waals surface area (Å²) >= 11 is 4.97. The molecule has 0 heterocycles. The van der Waals surface area contributed by atoms with Crippen molar-refractivity contribution in [1.82, 2.24) is 5.32 Å². The second kappa shape index (κ2) is 6.50. The molecule has 1 fully saturated rings. The van der Waals surface area contributed by atoms with E-state index in [-0.39, 0.29) is 16.9 Å². The van der Waals surface area contributed by atoms with Crippen LogP contribution in [0, 0.1) is 11.3 Å². The molecule has 0 saturated heterocycles. The van der Waals surface area contributed by atoms with Crippen LogP contribution in [-0.2, 0) is 4.79 Å². The molecule has 1 aliphatic rings. The zero-order chi connectivity index (χ0) is 13.8. The first-order valence-corrected chi connectivity index (χ1v) is 7.41. The lowest BCUT2D eigenvalue weighted by molar-refractivity contribution is -0.127. The lowest BCUT2D eigenvalue weighted by atomic mass is 9.82. The minimum atomic E-state index is -0.753. The Bertz CT molecular complexity index is 309. The molecule has 0 aliphatic heterocycles. The molecule has 0 radical (unpaired) electrons. The van der Waals surface area contributed by atoms with Crippen LogP contribution in [0.2, 0.25) is 0 Å². The highest BCUT2D eigenvalue weighted by atomic mass is 32.1. The van der Waals surface area contributed by atoms with E-state index < -0.39 is 5.41 Å². The fourth-order valence-corrected chi connectivity index (χ4v) is 2.64. The number of nitrogens with one attached hydrogen (secondary N) is 1. The van der Waals surface area contributed by atoms with Crippen LogP contribution in [-0.4, -0.2) is 16.9 Å². The van der Waals surface area contributed by atoms with Gasteiger partial charge in [0, 0.05) is 6.04 Å². The van der Waals surface area contributed by atoms with E-state index in [4.69, 9.17) is 18.0 Å². The van der Waals surface area contributed by atoms with E-state index in [9.17, 15) is 4.79 Å². The quantitative estimate of drug-likeness (QED) is 0.755. The SMILES string of the molecule is CCC(NC(=O)C(C)(C)C(N)=S)C1CCCCC1. The Kier molecular flexibility index (Phi) is 5.57. The maximum absolute atomic E-state index is 12.2. The summed E-state index contributed by atoms with van der Waals surface area (Å²) in [4.78, 5) is 12.5. The molecule has 1 unspecified atom stereocenters. The number of amides is 1. The van der Waals surface area contributed by atoms with Gasteiger partial charge in [-0.2, -0.15) is 0 Å². The minimum absolute atomic E-state index is 0.0348. The van der Waals surface area contributed by atoms with Gasteiger partial charge in [0.1, 0.15) is 0 Å².